The second kappa shape index (κ2) is 7.38. The second-order valence-electron chi connectivity index (χ2n) is 7.18. The summed E-state index contributed by atoms with van der Waals surface area (Å²) >= 11 is 1.48. The molecule has 8 nitrogen and oxygen atoms in total. The molecule has 0 unspecified atom stereocenters. The molecule has 0 radical (unpaired) electrons. The Bertz CT molecular complexity index is 990. The Morgan fingerprint density at radius 3 is 2.71 bits per heavy atom. The van der Waals surface area contributed by atoms with Crippen molar-refractivity contribution in [2.24, 2.45) is 13.0 Å². The third-order valence-electron chi connectivity index (χ3n) is 5.28. The monoisotopic (exact) mass is 400 g/mol. The molecule has 0 aromatic carbocycles. The molecule has 0 aliphatic carbocycles. The van der Waals surface area contributed by atoms with Gasteiger partial charge in [0.1, 0.15) is 4.83 Å². The standard InChI is InChI=1S/C19H24N6O2S/c1-4-25-11-14(10-20-25)21-17(26)13-5-7-24(8-6-13)18(27)16-9-15-12(2)22-23(3)19(15)28-16/h9-11,13H,4-8H2,1-3H3,(H,21,26). The molecule has 28 heavy (non-hydrogen) atoms. The number of carbonyl (C=O) groups is 2. The Kier molecular flexibility index (Phi) is 4.92. The molecule has 148 valence electrons. The predicted octanol–water partition coefficient (Wildman–Crippen LogP) is 2.65. The molecular formula is C19H24N6O2S. The third-order valence-corrected chi connectivity index (χ3v) is 6.47. The summed E-state index contributed by atoms with van der Waals surface area (Å²) in [6, 6.07) is 1.94. The number of fused-ring (bicyclic) bond motifs is 1. The van der Waals surface area contributed by atoms with Gasteiger partial charge in [0.05, 0.1) is 22.5 Å². The number of piperidine rings is 1. The van der Waals surface area contributed by atoms with Crippen LogP contribution in [0, 0.1) is 12.8 Å². The fraction of sp³-hybridized carbons (Fsp3) is 0.474. The summed E-state index contributed by atoms with van der Waals surface area (Å²) in [5.41, 5.74) is 1.66. The van der Waals surface area contributed by atoms with Crippen LogP contribution in [0.5, 0.6) is 0 Å². The molecule has 1 saturated heterocycles. The zero-order valence-electron chi connectivity index (χ0n) is 16.3. The summed E-state index contributed by atoms with van der Waals surface area (Å²) in [6.45, 7) is 5.91. The molecule has 9 heteroatoms. The van der Waals surface area contributed by atoms with Crippen molar-refractivity contribution in [1.29, 1.82) is 0 Å². The van der Waals surface area contributed by atoms with E-state index in [4.69, 9.17) is 0 Å². The van der Waals surface area contributed by atoms with E-state index in [9.17, 15) is 9.59 Å². The largest absolute Gasteiger partial charge is 0.338 e. The topological polar surface area (TPSA) is 85.0 Å². The maximum absolute atomic E-state index is 12.9. The zero-order valence-corrected chi connectivity index (χ0v) is 17.1. The van der Waals surface area contributed by atoms with Gasteiger partial charge in [0.25, 0.3) is 5.91 Å². The molecule has 0 saturated carbocycles. The van der Waals surface area contributed by atoms with Crippen molar-refractivity contribution in [3.8, 4) is 0 Å². The molecule has 3 aromatic heterocycles. The van der Waals surface area contributed by atoms with Gasteiger partial charge in [0.2, 0.25) is 5.91 Å². The highest BCUT2D eigenvalue weighted by Gasteiger charge is 2.29. The molecule has 0 atom stereocenters. The molecule has 1 aliphatic heterocycles. The first-order chi connectivity index (χ1) is 13.5. The molecule has 4 rings (SSSR count). The number of hydrogen-bond acceptors (Lipinski definition) is 5. The number of nitrogens with one attached hydrogen (secondary N) is 1. The molecule has 0 bridgehead atoms. The fourth-order valence-electron chi connectivity index (χ4n) is 3.66. The number of aromatic nitrogens is 4. The van der Waals surface area contributed by atoms with Gasteiger partial charge in [0, 0.05) is 44.2 Å². The summed E-state index contributed by atoms with van der Waals surface area (Å²) in [6.07, 6.45) is 4.84. The number of hydrogen-bond donors (Lipinski definition) is 1. The Morgan fingerprint density at radius 1 is 1.32 bits per heavy atom. The van der Waals surface area contributed by atoms with Crippen LogP contribution >= 0.6 is 11.3 Å². The van der Waals surface area contributed by atoms with E-state index in [-0.39, 0.29) is 17.7 Å². The molecule has 1 aliphatic rings. The van der Waals surface area contributed by atoms with Crippen LogP contribution in [0.15, 0.2) is 18.5 Å². The van der Waals surface area contributed by atoms with E-state index in [0.29, 0.717) is 25.9 Å². The normalized spacial score (nSPS) is 15.3. The van der Waals surface area contributed by atoms with E-state index < -0.39 is 0 Å². The summed E-state index contributed by atoms with van der Waals surface area (Å²) in [5, 5.41) is 12.5. The summed E-state index contributed by atoms with van der Waals surface area (Å²) in [7, 11) is 1.90. The van der Waals surface area contributed by atoms with Crippen molar-refractivity contribution in [2.45, 2.75) is 33.2 Å². The van der Waals surface area contributed by atoms with Crippen LogP contribution in [0.2, 0.25) is 0 Å². The van der Waals surface area contributed by atoms with Crippen molar-refractivity contribution < 1.29 is 9.59 Å². The van der Waals surface area contributed by atoms with E-state index in [2.05, 4.69) is 15.5 Å². The summed E-state index contributed by atoms with van der Waals surface area (Å²) in [4.78, 5) is 29.0. The molecule has 4 heterocycles. The highest BCUT2D eigenvalue weighted by molar-refractivity contribution is 7.20. The highest BCUT2D eigenvalue weighted by atomic mass is 32.1. The first kappa shape index (κ1) is 18.7. The van der Waals surface area contributed by atoms with Crippen molar-refractivity contribution in [1.82, 2.24) is 24.5 Å². The quantitative estimate of drug-likeness (QED) is 0.730. The number of likely N-dealkylation sites (tertiary alicyclic amines) is 1. The van der Waals surface area contributed by atoms with Crippen LogP contribution in [0.25, 0.3) is 10.2 Å². The maximum Gasteiger partial charge on any atom is 0.264 e. The lowest BCUT2D eigenvalue weighted by Crippen LogP contribution is -2.41. The van der Waals surface area contributed by atoms with E-state index in [0.717, 1.165) is 33.0 Å². The van der Waals surface area contributed by atoms with E-state index in [1.165, 1.54) is 11.3 Å². The van der Waals surface area contributed by atoms with Gasteiger partial charge in [-0.25, -0.2) is 0 Å². The van der Waals surface area contributed by atoms with Crippen molar-refractivity contribution >= 4 is 39.1 Å². The van der Waals surface area contributed by atoms with Crippen LogP contribution in [0.4, 0.5) is 5.69 Å². The lowest BCUT2D eigenvalue weighted by molar-refractivity contribution is -0.121. The van der Waals surface area contributed by atoms with E-state index >= 15 is 0 Å². The average Bonchev–Trinajstić information content (AvgIpc) is 3.39. The molecule has 1 fully saturated rings. The average molecular weight is 401 g/mol. The van der Waals surface area contributed by atoms with Crippen molar-refractivity contribution in [2.75, 3.05) is 18.4 Å². The minimum atomic E-state index is -0.0807. The Labute approximate surface area is 167 Å². The number of amides is 2. The van der Waals surface area contributed by atoms with Gasteiger partial charge in [-0.15, -0.1) is 11.3 Å². The van der Waals surface area contributed by atoms with Gasteiger partial charge in [-0.05, 0) is 32.8 Å². The first-order valence-corrected chi connectivity index (χ1v) is 10.3. The summed E-state index contributed by atoms with van der Waals surface area (Å²) in [5.74, 6) is -0.0297. The first-order valence-electron chi connectivity index (χ1n) is 9.52. The minimum Gasteiger partial charge on any atom is -0.338 e. The van der Waals surface area contributed by atoms with Crippen molar-refractivity contribution in [3.05, 3.63) is 29.0 Å². The molecule has 1 N–H and O–H groups in total. The lowest BCUT2D eigenvalue weighted by atomic mass is 9.95. The van der Waals surface area contributed by atoms with Crippen molar-refractivity contribution in [3.63, 3.8) is 0 Å². The Hall–Kier alpha value is -2.68. The molecular weight excluding hydrogens is 376 g/mol. The molecule has 3 aromatic rings. The number of carbonyl (C=O) groups excluding carboxylic acids is 2. The summed E-state index contributed by atoms with van der Waals surface area (Å²) < 4.78 is 3.60. The van der Waals surface area contributed by atoms with Crippen LogP contribution in [0.1, 0.15) is 35.1 Å². The van der Waals surface area contributed by atoms with Crippen LogP contribution in [-0.2, 0) is 18.4 Å². The van der Waals surface area contributed by atoms with Crippen LogP contribution < -0.4 is 5.32 Å². The van der Waals surface area contributed by atoms with Gasteiger partial charge in [-0.1, -0.05) is 0 Å². The van der Waals surface area contributed by atoms with E-state index in [1.807, 2.05) is 42.7 Å². The fourth-order valence-corrected chi connectivity index (χ4v) is 4.75. The lowest BCUT2D eigenvalue weighted by Gasteiger charge is -2.31. The Morgan fingerprint density at radius 2 is 2.07 bits per heavy atom. The Balaban J connectivity index is 1.36. The second-order valence-corrected chi connectivity index (χ2v) is 8.21. The molecule has 2 amide bonds. The predicted molar refractivity (Wildman–Crippen MR) is 108 cm³/mol. The van der Waals surface area contributed by atoms with Gasteiger partial charge in [-0.2, -0.15) is 10.2 Å². The number of aryl methyl sites for hydroxylation is 3. The number of rotatable bonds is 4. The maximum atomic E-state index is 12.9. The number of nitrogens with zero attached hydrogens (tertiary/aromatic N) is 5. The number of anilines is 1. The van der Waals surface area contributed by atoms with Gasteiger partial charge in [0.15, 0.2) is 0 Å². The highest BCUT2D eigenvalue weighted by Crippen LogP contribution is 2.29. The van der Waals surface area contributed by atoms with Crippen LogP contribution in [0.3, 0.4) is 0 Å². The van der Waals surface area contributed by atoms with Crippen LogP contribution in [-0.4, -0.2) is 49.4 Å². The smallest absolute Gasteiger partial charge is 0.264 e. The van der Waals surface area contributed by atoms with Gasteiger partial charge in [-0.3, -0.25) is 19.0 Å². The molecule has 0 spiro atoms. The number of thiophene rings is 1. The van der Waals surface area contributed by atoms with E-state index in [1.54, 1.807) is 10.9 Å². The minimum absolute atomic E-state index is 0.00585. The van der Waals surface area contributed by atoms with Gasteiger partial charge >= 0.3 is 0 Å². The van der Waals surface area contributed by atoms with Gasteiger partial charge < -0.3 is 10.2 Å². The third kappa shape index (κ3) is 3.42. The SMILES string of the molecule is CCn1cc(NC(=O)C2CCN(C(=O)c3cc4c(C)nn(C)c4s3)CC2)cn1. The zero-order chi connectivity index (χ0) is 19.8.